The summed E-state index contributed by atoms with van der Waals surface area (Å²) in [7, 11) is 0. The van der Waals surface area contributed by atoms with Crippen LogP contribution < -0.4 is 0 Å². The van der Waals surface area contributed by atoms with Crippen molar-refractivity contribution in [2.24, 2.45) is 0 Å². The lowest BCUT2D eigenvalue weighted by Gasteiger charge is -2.11. The highest BCUT2D eigenvalue weighted by Crippen LogP contribution is 2.35. The zero-order valence-corrected chi connectivity index (χ0v) is 11.3. The minimum absolute atomic E-state index is 0.122. The molecule has 0 aliphatic heterocycles. The van der Waals surface area contributed by atoms with E-state index >= 15 is 0 Å². The van der Waals surface area contributed by atoms with E-state index in [-0.39, 0.29) is 21.2 Å². The summed E-state index contributed by atoms with van der Waals surface area (Å²) in [6, 6.07) is 9.17. The second-order valence-electron chi connectivity index (χ2n) is 4.03. The van der Waals surface area contributed by atoms with Gasteiger partial charge in [0, 0.05) is 15.6 Å². The minimum Gasteiger partial charge on any atom is -0.192 e. The molecule has 0 heterocycles. The van der Waals surface area contributed by atoms with Gasteiger partial charge in [-0.1, -0.05) is 23.2 Å². The number of hydrogen-bond acceptors (Lipinski definition) is 1. The monoisotopic (exact) mass is 315 g/mol. The molecule has 2 aromatic carbocycles. The van der Waals surface area contributed by atoms with Crippen molar-refractivity contribution in [3.63, 3.8) is 0 Å². The molecule has 2 aromatic rings. The fraction of sp³-hybridized carbons (Fsp3) is 0.0714. The van der Waals surface area contributed by atoms with Gasteiger partial charge in [-0.15, -0.1) is 0 Å². The third-order valence-corrected chi connectivity index (χ3v) is 3.08. The summed E-state index contributed by atoms with van der Waals surface area (Å²) in [5.41, 5.74) is -0.198. The van der Waals surface area contributed by atoms with Crippen LogP contribution in [0.1, 0.15) is 11.1 Å². The van der Waals surface area contributed by atoms with Gasteiger partial charge in [0.15, 0.2) is 0 Å². The number of rotatable bonds is 1. The predicted octanol–water partition coefficient (Wildman–Crippen LogP) is 5.55. The van der Waals surface area contributed by atoms with Gasteiger partial charge in [-0.25, -0.2) is 0 Å². The maximum atomic E-state index is 12.7. The molecule has 6 heteroatoms. The van der Waals surface area contributed by atoms with Gasteiger partial charge in [0.1, 0.15) is 0 Å². The summed E-state index contributed by atoms with van der Waals surface area (Å²) in [6.45, 7) is 0. The van der Waals surface area contributed by atoms with E-state index in [1.165, 1.54) is 18.2 Å². The molecule has 1 nitrogen and oxygen atoms in total. The third kappa shape index (κ3) is 3.06. The molecule has 0 unspecified atom stereocenters. The highest BCUT2D eigenvalue weighted by Gasteiger charge is 2.31. The number of alkyl halides is 3. The second-order valence-corrected chi connectivity index (χ2v) is 4.90. The molecule has 0 aliphatic carbocycles. The fourth-order valence-corrected chi connectivity index (χ4v) is 2.29. The average molecular weight is 316 g/mol. The Morgan fingerprint density at radius 2 is 1.55 bits per heavy atom. The van der Waals surface area contributed by atoms with E-state index in [0.29, 0.717) is 5.56 Å². The van der Waals surface area contributed by atoms with Crippen LogP contribution in [0.3, 0.4) is 0 Å². The topological polar surface area (TPSA) is 23.8 Å². The van der Waals surface area contributed by atoms with E-state index in [2.05, 4.69) is 0 Å². The van der Waals surface area contributed by atoms with Gasteiger partial charge in [-0.05, 0) is 42.0 Å². The smallest absolute Gasteiger partial charge is 0.192 e. The SMILES string of the molecule is N#Cc1ccc(C(F)(F)F)cc1-c1cc(Cl)cc(Cl)c1. The molecule has 0 N–H and O–H groups in total. The van der Waals surface area contributed by atoms with Crippen molar-refractivity contribution in [2.45, 2.75) is 6.18 Å². The van der Waals surface area contributed by atoms with E-state index in [0.717, 1.165) is 18.2 Å². The second kappa shape index (κ2) is 5.35. The summed E-state index contributed by atoms with van der Waals surface area (Å²) < 4.78 is 38.2. The number of nitriles is 1. The summed E-state index contributed by atoms with van der Waals surface area (Å²) in [6.07, 6.45) is -4.48. The quantitative estimate of drug-likeness (QED) is 0.676. The van der Waals surface area contributed by atoms with Gasteiger partial charge in [0.2, 0.25) is 0 Å². The summed E-state index contributed by atoms with van der Waals surface area (Å²) in [5.74, 6) is 0. The highest BCUT2D eigenvalue weighted by atomic mass is 35.5. The van der Waals surface area contributed by atoms with Crippen LogP contribution in [-0.2, 0) is 6.18 Å². The van der Waals surface area contributed by atoms with Crippen LogP contribution in [-0.4, -0.2) is 0 Å². The molecular formula is C14H6Cl2F3N. The van der Waals surface area contributed by atoms with Gasteiger partial charge < -0.3 is 0 Å². The number of benzene rings is 2. The number of halogens is 5. The van der Waals surface area contributed by atoms with Gasteiger partial charge in [0.05, 0.1) is 17.2 Å². The Kier molecular flexibility index (Phi) is 3.94. The third-order valence-electron chi connectivity index (χ3n) is 2.64. The first-order valence-corrected chi connectivity index (χ1v) is 6.14. The van der Waals surface area contributed by atoms with Crippen molar-refractivity contribution in [1.29, 1.82) is 5.26 Å². The molecule has 0 radical (unpaired) electrons. The minimum atomic E-state index is -4.48. The predicted molar refractivity (Wildman–Crippen MR) is 71.6 cm³/mol. The van der Waals surface area contributed by atoms with Gasteiger partial charge in [-0.3, -0.25) is 0 Å². The Morgan fingerprint density at radius 3 is 2.05 bits per heavy atom. The van der Waals surface area contributed by atoms with Crippen molar-refractivity contribution in [2.75, 3.05) is 0 Å². The molecule has 2 rings (SSSR count). The van der Waals surface area contributed by atoms with Crippen LogP contribution in [0.5, 0.6) is 0 Å². The lowest BCUT2D eigenvalue weighted by Crippen LogP contribution is -2.05. The van der Waals surface area contributed by atoms with Crippen LogP contribution >= 0.6 is 23.2 Å². The Bertz CT molecular complexity index is 682. The zero-order valence-electron chi connectivity index (χ0n) is 9.80. The first-order chi connectivity index (χ1) is 9.31. The van der Waals surface area contributed by atoms with Gasteiger partial charge in [0.25, 0.3) is 0 Å². The molecule has 0 atom stereocenters. The standard InChI is InChI=1S/C14H6Cl2F3N/c15-11-3-9(4-12(16)6-11)13-5-10(14(17,18)19)2-1-8(13)7-20/h1-6H. The summed E-state index contributed by atoms with van der Waals surface area (Å²) >= 11 is 11.7. The maximum absolute atomic E-state index is 12.7. The number of nitrogens with zero attached hydrogens (tertiary/aromatic N) is 1. The van der Waals surface area contributed by atoms with E-state index in [9.17, 15) is 13.2 Å². The highest BCUT2D eigenvalue weighted by molar-refractivity contribution is 6.35. The Labute approximate surface area is 123 Å². The fourth-order valence-electron chi connectivity index (χ4n) is 1.77. The summed E-state index contributed by atoms with van der Waals surface area (Å²) in [4.78, 5) is 0. The zero-order chi connectivity index (χ0) is 14.9. The Morgan fingerprint density at radius 1 is 0.950 bits per heavy atom. The molecule has 0 saturated carbocycles. The van der Waals surface area contributed by atoms with E-state index in [1.54, 1.807) is 0 Å². The molecule has 0 fully saturated rings. The van der Waals surface area contributed by atoms with Crippen LogP contribution in [0.25, 0.3) is 11.1 Å². The van der Waals surface area contributed by atoms with Crippen LogP contribution in [0, 0.1) is 11.3 Å². The number of hydrogen-bond donors (Lipinski definition) is 0. The van der Waals surface area contributed by atoms with Crippen LogP contribution in [0.15, 0.2) is 36.4 Å². The van der Waals surface area contributed by atoms with Crippen molar-refractivity contribution < 1.29 is 13.2 Å². The lowest BCUT2D eigenvalue weighted by molar-refractivity contribution is -0.137. The molecule has 0 amide bonds. The van der Waals surface area contributed by atoms with Crippen molar-refractivity contribution in [3.8, 4) is 17.2 Å². The summed E-state index contributed by atoms with van der Waals surface area (Å²) in [5, 5.41) is 9.59. The first kappa shape index (κ1) is 14.7. The van der Waals surface area contributed by atoms with E-state index < -0.39 is 11.7 Å². The van der Waals surface area contributed by atoms with Gasteiger partial charge in [-0.2, -0.15) is 18.4 Å². The molecular weight excluding hydrogens is 310 g/mol. The average Bonchev–Trinajstić information content (AvgIpc) is 2.35. The van der Waals surface area contributed by atoms with Crippen LogP contribution in [0.4, 0.5) is 13.2 Å². The van der Waals surface area contributed by atoms with Crippen molar-refractivity contribution >= 4 is 23.2 Å². The maximum Gasteiger partial charge on any atom is 0.416 e. The van der Waals surface area contributed by atoms with Crippen molar-refractivity contribution in [3.05, 3.63) is 57.6 Å². The molecule has 0 spiro atoms. The first-order valence-electron chi connectivity index (χ1n) is 5.39. The van der Waals surface area contributed by atoms with Crippen molar-refractivity contribution in [1.82, 2.24) is 0 Å². The molecule has 0 bridgehead atoms. The molecule has 102 valence electrons. The Balaban J connectivity index is 2.68. The largest absolute Gasteiger partial charge is 0.416 e. The lowest BCUT2D eigenvalue weighted by atomic mass is 9.97. The van der Waals surface area contributed by atoms with Gasteiger partial charge >= 0.3 is 6.18 Å². The molecule has 0 aromatic heterocycles. The normalized spacial score (nSPS) is 11.2. The molecule has 0 saturated heterocycles. The van der Waals surface area contributed by atoms with Crippen LogP contribution in [0.2, 0.25) is 10.0 Å². The molecule has 0 aliphatic rings. The molecule has 20 heavy (non-hydrogen) atoms. The van der Waals surface area contributed by atoms with E-state index in [1.807, 2.05) is 6.07 Å². The van der Waals surface area contributed by atoms with E-state index in [4.69, 9.17) is 28.5 Å². The Hall–Kier alpha value is -1.70.